The molecule has 0 radical (unpaired) electrons. The lowest BCUT2D eigenvalue weighted by Crippen LogP contribution is -2.32. The van der Waals surface area contributed by atoms with Crippen LogP contribution in [0, 0.1) is 0 Å². The highest BCUT2D eigenvalue weighted by atomic mass is 16.2. The first kappa shape index (κ1) is 17.5. The predicted molar refractivity (Wildman–Crippen MR) is 98.5 cm³/mol. The Bertz CT molecular complexity index is 682. The molecule has 0 fully saturated rings. The molecule has 0 atom stereocenters. The highest BCUT2D eigenvalue weighted by Crippen LogP contribution is 2.20. The van der Waals surface area contributed by atoms with Crippen molar-refractivity contribution in [2.24, 2.45) is 0 Å². The molecule has 5 heteroatoms. The summed E-state index contributed by atoms with van der Waals surface area (Å²) in [5.41, 5.74) is 2.61. The summed E-state index contributed by atoms with van der Waals surface area (Å²) in [4.78, 5) is 27.6. The van der Waals surface area contributed by atoms with Crippen molar-refractivity contribution in [2.45, 2.75) is 13.3 Å². The van der Waals surface area contributed by atoms with Crippen molar-refractivity contribution in [3.8, 4) is 0 Å². The number of hydrogen-bond donors (Lipinski definition) is 1. The van der Waals surface area contributed by atoms with Crippen LogP contribution < -0.4 is 15.1 Å². The molecule has 2 aromatic carbocycles. The zero-order valence-electron chi connectivity index (χ0n) is 14.3. The fraction of sp³-hybridized carbons (Fsp3) is 0.263. The number of carbonyl (C=O) groups excluding carboxylic acids is 2. The second kappa shape index (κ2) is 8.15. The van der Waals surface area contributed by atoms with Crippen LogP contribution in [0.1, 0.15) is 13.3 Å². The van der Waals surface area contributed by atoms with Crippen LogP contribution in [-0.4, -0.2) is 32.5 Å². The van der Waals surface area contributed by atoms with E-state index in [2.05, 4.69) is 5.32 Å². The Balaban J connectivity index is 1.98. The second-order valence-electron chi connectivity index (χ2n) is 5.75. The van der Waals surface area contributed by atoms with Crippen LogP contribution in [0.25, 0.3) is 0 Å². The topological polar surface area (TPSA) is 52.7 Å². The van der Waals surface area contributed by atoms with Gasteiger partial charge in [-0.25, -0.2) is 0 Å². The van der Waals surface area contributed by atoms with Gasteiger partial charge in [-0.2, -0.15) is 0 Å². The first-order chi connectivity index (χ1) is 11.5. The fourth-order valence-corrected chi connectivity index (χ4v) is 2.36. The van der Waals surface area contributed by atoms with Crippen LogP contribution in [0.2, 0.25) is 0 Å². The molecule has 0 aliphatic carbocycles. The van der Waals surface area contributed by atoms with E-state index in [0.717, 1.165) is 17.1 Å². The Morgan fingerprint density at radius 2 is 1.50 bits per heavy atom. The Morgan fingerprint density at radius 1 is 0.917 bits per heavy atom. The van der Waals surface area contributed by atoms with Gasteiger partial charge in [-0.3, -0.25) is 9.59 Å². The van der Waals surface area contributed by atoms with E-state index in [1.165, 1.54) is 6.92 Å². The van der Waals surface area contributed by atoms with E-state index in [9.17, 15) is 9.59 Å². The molecular formula is C19H23N3O2. The standard InChI is InChI=1S/C19H23N3O2/c1-15(23)22(18-11-9-17(10-12-18)21(2)3)14-13-19(24)20-16-7-5-4-6-8-16/h4-12H,13-14H2,1-3H3,(H,20,24). The van der Waals surface area contributed by atoms with Crippen molar-refractivity contribution in [1.82, 2.24) is 0 Å². The smallest absolute Gasteiger partial charge is 0.226 e. The van der Waals surface area contributed by atoms with Crippen LogP contribution in [0.4, 0.5) is 17.1 Å². The Labute approximate surface area is 142 Å². The van der Waals surface area contributed by atoms with Gasteiger partial charge < -0.3 is 15.1 Å². The largest absolute Gasteiger partial charge is 0.378 e. The number of para-hydroxylation sites is 1. The average Bonchev–Trinajstić information content (AvgIpc) is 2.56. The third-order valence-corrected chi connectivity index (χ3v) is 3.68. The summed E-state index contributed by atoms with van der Waals surface area (Å²) in [6, 6.07) is 17.0. The number of nitrogens with zero attached hydrogens (tertiary/aromatic N) is 2. The number of hydrogen-bond acceptors (Lipinski definition) is 3. The lowest BCUT2D eigenvalue weighted by atomic mass is 10.2. The molecular weight excluding hydrogens is 302 g/mol. The SMILES string of the molecule is CC(=O)N(CCC(=O)Nc1ccccc1)c1ccc(N(C)C)cc1. The molecule has 0 aromatic heterocycles. The minimum absolute atomic E-state index is 0.0832. The van der Waals surface area contributed by atoms with Crippen LogP contribution in [-0.2, 0) is 9.59 Å². The van der Waals surface area contributed by atoms with Gasteiger partial charge in [0.05, 0.1) is 0 Å². The molecule has 0 spiro atoms. The van der Waals surface area contributed by atoms with Gasteiger partial charge in [0.15, 0.2) is 0 Å². The molecule has 0 aliphatic rings. The predicted octanol–water partition coefficient (Wildman–Crippen LogP) is 3.13. The third-order valence-electron chi connectivity index (χ3n) is 3.68. The van der Waals surface area contributed by atoms with E-state index in [0.29, 0.717) is 6.54 Å². The van der Waals surface area contributed by atoms with E-state index >= 15 is 0 Å². The summed E-state index contributed by atoms with van der Waals surface area (Å²) < 4.78 is 0. The second-order valence-corrected chi connectivity index (χ2v) is 5.75. The quantitative estimate of drug-likeness (QED) is 0.888. The van der Waals surface area contributed by atoms with Gasteiger partial charge in [0, 0.05) is 51.0 Å². The molecule has 0 unspecified atom stereocenters. The van der Waals surface area contributed by atoms with Crippen molar-refractivity contribution < 1.29 is 9.59 Å². The van der Waals surface area contributed by atoms with E-state index < -0.39 is 0 Å². The first-order valence-corrected chi connectivity index (χ1v) is 7.88. The Kier molecular flexibility index (Phi) is 5.95. The highest BCUT2D eigenvalue weighted by Gasteiger charge is 2.13. The van der Waals surface area contributed by atoms with Gasteiger partial charge in [0.2, 0.25) is 11.8 Å². The number of carbonyl (C=O) groups is 2. The van der Waals surface area contributed by atoms with Gasteiger partial charge in [-0.15, -0.1) is 0 Å². The molecule has 2 aromatic rings. The maximum Gasteiger partial charge on any atom is 0.226 e. The van der Waals surface area contributed by atoms with Gasteiger partial charge in [0.1, 0.15) is 0 Å². The lowest BCUT2D eigenvalue weighted by molar-refractivity contribution is -0.117. The minimum Gasteiger partial charge on any atom is -0.378 e. The molecule has 0 saturated heterocycles. The van der Waals surface area contributed by atoms with Crippen LogP contribution in [0.5, 0.6) is 0 Å². The van der Waals surface area contributed by atoms with Crippen LogP contribution in [0.15, 0.2) is 54.6 Å². The van der Waals surface area contributed by atoms with Gasteiger partial charge in [-0.05, 0) is 36.4 Å². The van der Waals surface area contributed by atoms with Gasteiger partial charge >= 0.3 is 0 Å². The van der Waals surface area contributed by atoms with E-state index in [1.54, 1.807) is 4.90 Å². The zero-order chi connectivity index (χ0) is 17.5. The first-order valence-electron chi connectivity index (χ1n) is 7.88. The van der Waals surface area contributed by atoms with Crippen molar-refractivity contribution in [3.05, 3.63) is 54.6 Å². The van der Waals surface area contributed by atoms with Crippen molar-refractivity contribution in [3.63, 3.8) is 0 Å². The number of rotatable bonds is 6. The number of anilines is 3. The molecule has 2 amide bonds. The third kappa shape index (κ3) is 4.84. The monoisotopic (exact) mass is 325 g/mol. The average molecular weight is 325 g/mol. The summed E-state index contributed by atoms with van der Waals surface area (Å²) in [5.74, 6) is -0.197. The van der Waals surface area contributed by atoms with E-state index in [1.807, 2.05) is 73.6 Å². The van der Waals surface area contributed by atoms with Gasteiger partial charge in [-0.1, -0.05) is 18.2 Å². The van der Waals surface area contributed by atoms with Gasteiger partial charge in [0.25, 0.3) is 0 Å². The molecule has 24 heavy (non-hydrogen) atoms. The summed E-state index contributed by atoms with van der Waals surface area (Å²) in [7, 11) is 3.93. The van der Waals surface area contributed by atoms with Crippen molar-refractivity contribution in [2.75, 3.05) is 35.8 Å². The van der Waals surface area contributed by atoms with Crippen LogP contribution >= 0.6 is 0 Å². The molecule has 5 nitrogen and oxygen atoms in total. The normalized spacial score (nSPS) is 10.1. The maximum absolute atomic E-state index is 12.1. The Morgan fingerprint density at radius 3 is 2.04 bits per heavy atom. The summed E-state index contributed by atoms with van der Waals surface area (Å²) in [5, 5.41) is 2.83. The summed E-state index contributed by atoms with van der Waals surface area (Å²) in [6.07, 6.45) is 0.240. The van der Waals surface area contributed by atoms with Crippen LogP contribution in [0.3, 0.4) is 0 Å². The molecule has 0 bridgehead atoms. The summed E-state index contributed by atoms with van der Waals surface area (Å²) >= 11 is 0. The lowest BCUT2D eigenvalue weighted by Gasteiger charge is -2.22. The number of nitrogens with one attached hydrogen (secondary N) is 1. The molecule has 0 saturated carbocycles. The fourth-order valence-electron chi connectivity index (χ4n) is 2.36. The maximum atomic E-state index is 12.1. The highest BCUT2D eigenvalue weighted by molar-refractivity contribution is 5.94. The molecule has 1 N–H and O–H groups in total. The van der Waals surface area contributed by atoms with E-state index in [4.69, 9.17) is 0 Å². The minimum atomic E-state index is -0.114. The van der Waals surface area contributed by atoms with Crippen molar-refractivity contribution in [1.29, 1.82) is 0 Å². The number of amides is 2. The molecule has 0 heterocycles. The van der Waals surface area contributed by atoms with E-state index in [-0.39, 0.29) is 18.2 Å². The molecule has 2 rings (SSSR count). The Hall–Kier alpha value is -2.82. The number of benzene rings is 2. The molecule has 126 valence electrons. The zero-order valence-corrected chi connectivity index (χ0v) is 14.3. The summed E-state index contributed by atoms with van der Waals surface area (Å²) in [6.45, 7) is 1.85. The molecule has 0 aliphatic heterocycles. The van der Waals surface area contributed by atoms with Crippen molar-refractivity contribution >= 4 is 28.9 Å².